The van der Waals surface area contributed by atoms with Crippen molar-refractivity contribution in [1.82, 2.24) is 0 Å². The molecule has 0 radical (unpaired) electrons. The van der Waals surface area contributed by atoms with E-state index in [0.29, 0.717) is 0 Å². The van der Waals surface area contributed by atoms with E-state index in [1.807, 2.05) is 0 Å². The molecule has 0 fully saturated rings. The van der Waals surface area contributed by atoms with E-state index in [2.05, 4.69) is 12.8 Å². The van der Waals surface area contributed by atoms with Crippen molar-refractivity contribution in [2.75, 3.05) is 0 Å². The minimum absolute atomic E-state index is 0. The topological polar surface area (TPSA) is 0 Å². The molecule has 8 heavy (non-hydrogen) atoms. The second-order valence-electron chi connectivity index (χ2n) is 1.63. The van der Waals surface area contributed by atoms with Crippen molar-refractivity contribution >= 4 is 0 Å². The van der Waals surface area contributed by atoms with E-state index < -0.39 is 0 Å². The quantitative estimate of drug-likeness (QED) is 0.189. The number of hydrogen-bond acceptors (Lipinski definition) is 0. The summed E-state index contributed by atoms with van der Waals surface area (Å²) < 4.78 is 0. The van der Waals surface area contributed by atoms with E-state index in [4.69, 9.17) is 6.42 Å². The maximum Gasteiger partial charge on any atom is 1.00 e. The molecular weight excluding hydrogens is 91.0 g/mol. The maximum atomic E-state index is 6.53. The molecule has 0 aromatic carbocycles. The summed E-state index contributed by atoms with van der Waals surface area (Å²) in [6.45, 7) is 2.16. The number of rotatable bonds is 3. The minimum Gasteiger partial charge on any atom is -0.694 e. The molecule has 0 bridgehead atoms. The van der Waals surface area contributed by atoms with E-state index in [0.717, 1.165) is 12.8 Å². The normalized spacial score (nSPS) is 7.00. The van der Waals surface area contributed by atoms with Crippen molar-refractivity contribution in [3.05, 3.63) is 6.42 Å². The van der Waals surface area contributed by atoms with Crippen LogP contribution in [0, 0.1) is 12.3 Å². The molecule has 0 saturated carbocycles. The van der Waals surface area contributed by atoms with Gasteiger partial charge in [0.1, 0.15) is 0 Å². The maximum absolute atomic E-state index is 6.53. The van der Waals surface area contributed by atoms with Crippen molar-refractivity contribution in [3.63, 3.8) is 0 Å². The molecule has 0 aliphatic heterocycles. The third kappa shape index (κ3) is 9.48. The van der Waals surface area contributed by atoms with Crippen LogP contribution < -0.4 is 18.9 Å². The van der Waals surface area contributed by atoms with Crippen molar-refractivity contribution in [3.8, 4) is 5.92 Å². The van der Waals surface area contributed by atoms with E-state index in [1.54, 1.807) is 0 Å². The van der Waals surface area contributed by atoms with Gasteiger partial charge < -0.3 is 12.3 Å². The molecule has 0 amide bonds. The van der Waals surface area contributed by atoms with Gasteiger partial charge in [-0.25, -0.2) is 0 Å². The fourth-order valence-electron chi connectivity index (χ4n) is 0.463. The van der Waals surface area contributed by atoms with Crippen molar-refractivity contribution in [2.24, 2.45) is 0 Å². The Balaban J connectivity index is 0. The monoisotopic (exact) mass is 102 g/mol. The zero-order valence-corrected chi connectivity index (χ0v) is 5.83. The van der Waals surface area contributed by atoms with Crippen LogP contribution in [0.3, 0.4) is 0 Å². The molecule has 0 aromatic rings. The van der Waals surface area contributed by atoms with Crippen molar-refractivity contribution in [1.29, 1.82) is 0 Å². The van der Waals surface area contributed by atoms with E-state index in [9.17, 15) is 0 Å². The zero-order chi connectivity index (χ0) is 5.54. The van der Waals surface area contributed by atoms with Gasteiger partial charge in [-0.05, 0) is 12.8 Å². The molecule has 0 rings (SSSR count). The summed E-state index contributed by atoms with van der Waals surface area (Å²) in [5.74, 6) is 2.35. The summed E-state index contributed by atoms with van der Waals surface area (Å²) in [4.78, 5) is 0. The van der Waals surface area contributed by atoms with Gasteiger partial charge in [-0.3, -0.25) is 0 Å². The van der Waals surface area contributed by atoms with E-state index in [1.165, 1.54) is 12.8 Å². The van der Waals surface area contributed by atoms with Crippen LogP contribution in [-0.2, 0) is 0 Å². The molecule has 0 spiro atoms. The van der Waals surface area contributed by atoms with Crippen LogP contribution in [0.1, 0.15) is 32.6 Å². The molecule has 0 aliphatic carbocycles. The predicted octanol–water partition coefficient (Wildman–Crippen LogP) is -0.840. The first-order valence-corrected chi connectivity index (χ1v) is 2.81. The summed E-state index contributed by atoms with van der Waals surface area (Å²) in [5.41, 5.74) is 0. The Morgan fingerprint density at radius 1 is 1.38 bits per heavy atom. The van der Waals surface area contributed by atoms with Crippen LogP contribution in [-0.4, -0.2) is 0 Å². The molecule has 0 N–H and O–H groups in total. The predicted molar refractivity (Wildman–Crippen MR) is 31.3 cm³/mol. The van der Waals surface area contributed by atoms with Crippen LogP contribution >= 0.6 is 0 Å². The van der Waals surface area contributed by atoms with Crippen LogP contribution in [0.2, 0.25) is 0 Å². The van der Waals surface area contributed by atoms with Crippen LogP contribution in [0.15, 0.2) is 0 Å². The summed E-state index contributed by atoms with van der Waals surface area (Å²) in [6, 6.07) is 0. The number of hydrogen-bond donors (Lipinski definition) is 0. The van der Waals surface area contributed by atoms with Gasteiger partial charge in [0.05, 0.1) is 0 Å². The molecule has 0 aromatic heterocycles. The first-order chi connectivity index (χ1) is 3.41. The fraction of sp³-hybridized carbons (Fsp3) is 0.714. The summed E-state index contributed by atoms with van der Waals surface area (Å²) >= 11 is 0. The molecule has 0 heterocycles. The molecule has 0 unspecified atom stereocenters. The van der Waals surface area contributed by atoms with Gasteiger partial charge in [-0.15, -0.1) is 0 Å². The Kier molecular flexibility index (Phi) is 14.1. The molecule has 0 aliphatic rings. The van der Waals surface area contributed by atoms with Gasteiger partial charge in [0.2, 0.25) is 0 Å². The largest absolute Gasteiger partial charge is 1.00 e. The Morgan fingerprint density at radius 3 is 2.38 bits per heavy atom. The Labute approximate surface area is 64.2 Å². The average molecular weight is 102 g/mol. The van der Waals surface area contributed by atoms with Crippen LogP contribution in [0.25, 0.3) is 0 Å². The van der Waals surface area contributed by atoms with Gasteiger partial charge in [0, 0.05) is 0 Å². The van der Waals surface area contributed by atoms with Crippen LogP contribution in [0.4, 0.5) is 0 Å². The SMILES string of the molecule is [C-]#CCCCCC.[Li+]. The fourth-order valence-corrected chi connectivity index (χ4v) is 0.463. The second-order valence-corrected chi connectivity index (χ2v) is 1.63. The van der Waals surface area contributed by atoms with Gasteiger partial charge in [-0.2, -0.15) is 0 Å². The third-order valence-electron chi connectivity index (χ3n) is 0.905. The van der Waals surface area contributed by atoms with Gasteiger partial charge in [0.25, 0.3) is 0 Å². The molecular formula is C7H11Li. The van der Waals surface area contributed by atoms with Gasteiger partial charge in [0.15, 0.2) is 0 Å². The molecule has 0 nitrogen and oxygen atoms in total. The summed E-state index contributed by atoms with van der Waals surface area (Å²) in [7, 11) is 0. The smallest absolute Gasteiger partial charge is 0.694 e. The first kappa shape index (κ1) is 11.0. The van der Waals surface area contributed by atoms with Crippen LogP contribution in [0.5, 0.6) is 0 Å². The summed E-state index contributed by atoms with van der Waals surface area (Å²) in [5, 5.41) is 0. The standard InChI is InChI=1S/C7H11.Li/c1-3-5-7-6-4-2;/h3,5-7H2,1H3;/q-1;+1. The Morgan fingerprint density at radius 2 is 2.00 bits per heavy atom. The van der Waals surface area contributed by atoms with Gasteiger partial charge >= 0.3 is 18.9 Å². The Hall–Kier alpha value is 0.157. The molecule has 40 valence electrons. The first-order valence-electron chi connectivity index (χ1n) is 2.81. The second kappa shape index (κ2) is 10.2. The van der Waals surface area contributed by atoms with Crippen molar-refractivity contribution < 1.29 is 18.9 Å². The zero-order valence-electron chi connectivity index (χ0n) is 5.83. The third-order valence-corrected chi connectivity index (χ3v) is 0.905. The van der Waals surface area contributed by atoms with Gasteiger partial charge in [-0.1, -0.05) is 19.8 Å². The van der Waals surface area contributed by atoms with E-state index in [-0.39, 0.29) is 18.9 Å². The summed E-state index contributed by atoms with van der Waals surface area (Å²) in [6.07, 6.45) is 11.0. The number of unbranched alkanes of at least 4 members (excludes halogenated alkanes) is 3. The minimum atomic E-state index is 0. The average Bonchev–Trinajstić information content (AvgIpc) is 1.69. The molecule has 1 heteroatoms. The molecule has 0 atom stereocenters. The Bertz CT molecular complexity index is 61.3. The van der Waals surface area contributed by atoms with E-state index >= 15 is 0 Å². The molecule has 0 saturated heterocycles. The van der Waals surface area contributed by atoms with Crippen molar-refractivity contribution in [2.45, 2.75) is 32.6 Å².